The van der Waals surface area contributed by atoms with E-state index in [1.54, 1.807) is 6.92 Å². The average molecular weight is 275 g/mol. The first-order valence-electron chi connectivity index (χ1n) is 6.99. The lowest BCUT2D eigenvalue weighted by Crippen LogP contribution is -2.42. The van der Waals surface area contributed by atoms with Crippen molar-refractivity contribution in [3.05, 3.63) is 0 Å². The summed E-state index contributed by atoms with van der Waals surface area (Å²) in [4.78, 5) is 0. The quantitative estimate of drug-likeness (QED) is 0.759. The zero-order chi connectivity index (χ0) is 13.2. The van der Waals surface area contributed by atoms with Crippen LogP contribution in [0.25, 0.3) is 0 Å². The van der Waals surface area contributed by atoms with Crippen LogP contribution < -0.4 is 5.32 Å². The molecule has 0 aromatic carbocycles. The van der Waals surface area contributed by atoms with Crippen molar-refractivity contribution in [3.8, 4) is 0 Å². The predicted octanol–water partition coefficient (Wildman–Crippen LogP) is 1.22. The number of sulfone groups is 1. The molecule has 106 valence electrons. The van der Waals surface area contributed by atoms with Gasteiger partial charge >= 0.3 is 0 Å². The molecule has 0 amide bonds. The highest BCUT2D eigenvalue weighted by Gasteiger charge is 2.50. The van der Waals surface area contributed by atoms with Gasteiger partial charge in [0.05, 0.1) is 11.9 Å². The fourth-order valence-electron chi connectivity index (χ4n) is 3.14. The van der Waals surface area contributed by atoms with Gasteiger partial charge < -0.3 is 10.1 Å². The van der Waals surface area contributed by atoms with E-state index in [9.17, 15) is 8.42 Å². The van der Waals surface area contributed by atoms with E-state index < -0.39 is 9.84 Å². The molecule has 0 aromatic rings. The van der Waals surface area contributed by atoms with Gasteiger partial charge in [-0.05, 0) is 38.6 Å². The summed E-state index contributed by atoms with van der Waals surface area (Å²) >= 11 is 0. The molecular formula is C13H25NO3S. The Kier molecular flexibility index (Phi) is 4.34. The molecule has 2 unspecified atom stereocenters. The van der Waals surface area contributed by atoms with E-state index in [4.69, 9.17) is 4.74 Å². The molecule has 2 fully saturated rings. The van der Waals surface area contributed by atoms with E-state index in [0.717, 1.165) is 26.0 Å². The predicted molar refractivity (Wildman–Crippen MR) is 72.4 cm³/mol. The van der Waals surface area contributed by atoms with Gasteiger partial charge in [-0.15, -0.1) is 0 Å². The van der Waals surface area contributed by atoms with Crippen LogP contribution >= 0.6 is 0 Å². The van der Waals surface area contributed by atoms with Crippen LogP contribution in [-0.4, -0.2) is 46.2 Å². The van der Waals surface area contributed by atoms with Gasteiger partial charge in [0.15, 0.2) is 0 Å². The largest absolute Gasteiger partial charge is 0.377 e. The van der Waals surface area contributed by atoms with Crippen LogP contribution in [0.5, 0.6) is 0 Å². The Bertz CT molecular complexity index is 378. The maximum Gasteiger partial charge on any atom is 0.150 e. The van der Waals surface area contributed by atoms with E-state index in [-0.39, 0.29) is 17.3 Å². The van der Waals surface area contributed by atoms with Crippen LogP contribution in [0.3, 0.4) is 0 Å². The summed E-state index contributed by atoms with van der Waals surface area (Å²) in [6.45, 7) is 3.38. The molecule has 1 N–H and O–H groups in total. The highest BCUT2D eigenvalue weighted by molar-refractivity contribution is 7.91. The molecule has 4 nitrogen and oxygen atoms in total. The van der Waals surface area contributed by atoms with Crippen molar-refractivity contribution < 1.29 is 13.2 Å². The zero-order valence-corrected chi connectivity index (χ0v) is 12.3. The second-order valence-corrected chi connectivity index (χ2v) is 8.23. The van der Waals surface area contributed by atoms with Crippen molar-refractivity contribution in [2.45, 2.75) is 38.7 Å². The van der Waals surface area contributed by atoms with Crippen LogP contribution in [0.1, 0.15) is 32.6 Å². The van der Waals surface area contributed by atoms with Crippen molar-refractivity contribution in [3.63, 3.8) is 0 Å². The molecule has 0 radical (unpaired) electrons. The Morgan fingerprint density at radius 3 is 2.67 bits per heavy atom. The maximum atomic E-state index is 11.7. The van der Waals surface area contributed by atoms with E-state index in [1.165, 1.54) is 12.8 Å². The molecule has 0 aromatic heterocycles. The van der Waals surface area contributed by atoms with Gasteiger partial charge in [-0.2, -0.15) is 0 Å². The van der Waals surface area contributed by atoms with Crippen molar-refractivity contribution in [1.29, 1.82) is 0 Å². The summed E-state index contributed by atoms with van der Waals surface area (Å²) in [6, 6.07) is 0. The molecule has 2 atom stereocenters. The number of rotatable bonds is 7. The number of nitrogens with one attached hydrogen (secondary N) is 1. The first kappa shape index (κ1) is 14.3. The lowest BCUT2D eigenvalue weighted by molar-refractivity contribution is 0.0300. The first-order chi connectivity index (χ1) is 8.53. The summed E-state index contributed by atoms with van der Waals surface area (Å²) in [5, 5.41) is 3.24. The fraction of sp³-hybridized carbons (Fsp3) is 1.00. The third-order valence-electron chi connectivity index (χ3n) is 4.43. The smallest absolute Gasteiger partial charge is 0.150 e. The molecule has 1 heterocycles. The van der Waals surface area contributed by atoms with Gasteiger partial charge in [0.2, 0.25) is 0 Å². The molecule has 0 bridgehead atoms. The van der Waals surface area contributed by atoms with Gasteiger partial charge in [0, 0.05) is 24.3 Å². The van der Waals surface area contributed by atoms with E-state index in [0.29, 0.717) is 11.7 Å². The molecule has 1 aliphatic heterocycles. The van der Waals surface area contributed by atoms with Gasteiger partial charge in [-0.1, -0.05) is 6.92 Å². The molecule has 2 aliphatic rings. The van der Waals surface area contributed by atoms with Crippen molar-refractivity contribution in [2.24, 2.45) is 11.3 Å². The molecule has 1 saturated carbocycles. The van der Waals surface area contributed by atoms with Crippen LogP contribution in [0, 0.1) is 11.3 Å². The molecule has 2 rings (SSSR count). The molecule has 1 aliphatic carbocycles. The Balaban J connectivity index is 2.06. The summed E-state index contributed by atoms with van der Waals surface area (Å²) < 4.78 is 29.4. The monoisotopic (exact) mass is 275 g/mol. The zero-order valence-electron chi connectivity index (χ0n) is 11.4. The SMILES string of the molecule is CCS(=O)(=O)CCC1(CNC)CCOC1C1CC1. The van der Waals surface area contributed by atoms with Crippen molar-refractivity contribution >= 4 is 9.84 Å². The average Bonchev–Trinajstić information content (AvgIpc) is 3.10. The van der Waals surface area contributed by atoms with Gasteiger partial charge in [0.25, 0.3) is 0 Å². The molecular weight excluding hydrogens is 250 g/mol. The Hall–Kier alpha value is -0.130. The van der Waals surface area contributed by atoms with Gasteiger partial charge in [-0.3, -0.25) is 0 Å². The van der Waals surface area contributed by atoms with Crippen LogP contribution in [0.2, 0.25) is 0 Å². The molecule has 18 heavy (non-hydrogen) atoms. The third kappa shape index (κ3) is 3.06. The fourth-order valence-corrected chi connectivity index (χ4v) is 4.15. The van der Waals surface area contributed by atoms with Crippen LogP contribution in [-0.2, 0) is 14.6 Å². The topological polar surface area (TPSA) is 55.4 Å². The normalized spacial score (nSPS) is 32.9. The number of hydrogen-bond donors (Lipinski definition) is 1. The second kappa shape index (κ2) is 5.47. The number of ether oxygens (including phenoxy) is 1. The highest BCUT2D eigenvalue weighted by atomic mass is 32.2. The van der Waals surface area contributed by atoms with Crippen molar-refractivity contribution in [2.75, 3.05) is 31.7 Å². The van der Waals surface area contributed by atoms with Gasteiger partial charge in [-0.25, -0.2) is 8.42 Å². The summed E-state index contributed by atoms with van der Waals surface area (Å²) in [6.07, 6.45) is 4.50. The Morgan fingerprint density at radius 2 is 2.11 bits per heavy atom. The highest BCUT2D eigenvalue weighted by Crippen LogP contribution is 2.49. The maximum absolute atomic E-state index is 11.7. The summed E-state index contributed by atoms with van der Waals surface area (Å²) in [5.41, 5.74) is 0.0398. The van der Waals surface area contributed by atoms with Gasteiger partial charge in [0.1, 0.15) is 9.84 Å². The standard InChI is InChI=1S/C13H25NO3S/c1-3-18(15,16)9-7-13(10-14-2)6-8-17-12(13)11-4-5-11/h11-12,14H,3-10H2,1-2H3. The third-order valence-corrected chi connectivity index (χ3v) is 6.14. The minimum absolute atomic E-state index is 0.0398. The Labute approximate surface area is 110 Å². The molecule has 5 heteroatoms. The minimum atomic E-state index is -2.88. The first-order valence-corrected chi connectivity index (χ1v) is 8.82. The summed E-state index contributed by atoms with van der Waals surface area (Å²) in [5.74, 6) is 1.22. The second-order valence-electron chi connectivity index (χ2n) is 5.76. The number of hydrogen-bond acceptors (Lipinski definition) is 4. The van der Waals surface area contributed by atoms with E-state index in [1.807, 2.05) is 7.05 Å². The lowest BCUT2D eigenvalue weighted by atomic mass is 9.76. The van der Waals surface area contributed by atoms with Crippen molar-refractivity contribution in [1.82, 2.24) is 5.32 Å². The molecule has 1 saturated heterocycles. The minimum Gasteiger partial charge on any atom is -0.377 e. The molecule has 0 spiro atoms. The van der Waals surface area contributed by atoms with Crippen LogP contribution in [0.15, 0.2) is 0 Å². The Morgan fingerprint density at radius 1 is 1.39 bits per heavy atom. The van der Waals surface area contributed by atoms with E-state index >= 15 is 0 Å². The lowest BCUT2D eigenvalue weighted by Gasteiger charge is -2.34. The van der Waals surface area contributed by atoms with Crippen LogP contribution in [0.4, 0.5) is 0 Å². The van der Waals surface area contributed by atoms with E-state index in [2.05, 4.69) is 5.32 Å². The summed E-state index contributed by atoms with van der Waals surface area (Å²) in [7, 11) is -0.933.